The maximum atomic E-state index is 12.6. The molecule has 1 saturated heterocycles. The van der Waals surface area contributed by atoms with Crippen molar-refractivity contribution in [3.8, 4) is 11.5 Å². The third-order valence-corrected chi connectivity index (χ3v) is 5.83. The molecule has 0 unspecified atom stereocenters. The Balaban J connectivity index is 1.45. The van der Waals surface area contributed by atoms with E-state index in [9.17, 15) is 4.79 Å². The summed E-state index contributed by atoms with van der Waals surface area (Å²) >= 11 is 1.69. The number of hydrogen-bond donors (Lipinski definition) is 1. The second kappa shape index (κ2) is 9.89. The summed E-state index contributed by atoms with van der Waals surface area (Å²) in [6, 6.07) is 5.78. The van der Waals surface area contributed by atoms with Gasteiger partial charge in [0.1, 0.15) is 0 Å². The molecule has 0 spiro atoms. The number of thiazole rings is 1. The van der Waals surface area contributed by atoms with Crippen LogP contribution in [0.4, 0.5) is 0 Å². The smallest absolute Gasteiger partial charge is 0.223 e. The monoisotopic (exact) mass is 403 g/mol. The van der Waals surface area contributed by atoms with E-state index in [4.69, 9.17) is 9.47 Å². The van der Waals surface area contributed by atoms with Gasteiger partial charge in [-0.3, -0.25) is 9.69 Å². The number of carbonyl (C=O) groups is 1. The molecule has 1 fully saturated rings. The minimum atomic E-state index is 0.0815. The molecule has 0 bridgehead atoms. The summed E-state index contributed by atoms with van der Waals surface area (Å²) in [5.74, 6) is 1.64. The van der Waals surface area contributed by atoms with Crippen molar-refractivity contribution in [3.63, 3.8) is 0 Å². The quantitative estimate of drug-likeness (QED) is 0.732. The van der Waals surface area contributed by atoms with Gasteiger partial charge in [0, 0.05) is 24.4 Å². The van der Waals surface area contributed by atoms with Gasteiger partial charge in [-0.05, 0) is 57.5 Å². The van der Waals surface area contributed by atoms with E-state index in [-0.39, 0.29) is 11.8 Å². The van der Waals surface area contributed by atoms with Gasteiger partial charge < -0.3 is 14.8 Å². The number of aromatic nitrogens is 1. The first-order chi connectivity index (χ1) is 13.6. The largest absolute Gasteiger partial charge is 0.493 e. The van der Waals surface area contributed by atoms with Crippen LogP contribution in [0.25, 0.3) is 0 Å². The fourth-order valence-corrected chi connectivity index (χ4v) is 4.10. The maximum absolute atomic E-state index is 12.6. The van der Waals surface area contributed by atoms with Gasteiger partial charge in [-0.25, -0.2) is 4.98 Å². The SMILES string of the molecule is CCOc1ccc(CNC(=O)C2CCN(Cc3csc(C)n3)CC2)cc1OC. The number of amides is 1. The molecule has 1 aliphatic heterocycles. The van der Waals surface area contributed by atoms with Crippen molar-refractivity contribution in [3.05, 3.63) is 39.8 Å². The van der Waals surface area contributed by atoms with Crippen LogP contribution in [0.2, 0.25) is 0 Å². The van der Waals surface area contributed by atoms with Crippen molar-refractivity contribution in [1.82, 2.24) is 15.2 Å². The van der Waals surface area contributed by atoms with Gasteiger partial charge in [0.05, 0.1) is 24.4 Å². The van der Waals surface area contributed by atoms with Crippen LogP contribution in [0.3, 0.4) is 0 Å². The van der Waals surface area contributed by atoms with Crippen molar-refractivity contribution < 1.29 is 14.3 Å². The Kier molecular flexibility index (Phi) is 7.28. The summed E-state index contributed by atoms with van der Waals surface area (Å²) in [7, 11) is 1.63. The Morgan fingerprint density at radius 1 is 1.32 bits per heavy atom. The summed E-state index contributed by atoms with van der Waals surface area (Å²) in [6.07, 6.45) is 1.78. The van der Waals surface area contributed by atoms with Gasteiger partial charge in [-0.2, -0.15) is 0 Å². The third kappa shape index (κ3) is 5.45. The number of carbonyl (C=O) groups excluding carboxylic acids is 1. The van der Waals surface area contributed by atoms with Crippen LogP contribution in [0, 0.1) is 12.8 Å². The molecule has 0 atom stereocenters. The molecule has 2 heterocycles. The van der Waals surface area contributed by atoms with Crippen LogP contribution < -0.4 is 14.8 Å². The predicted molar refractivity (Wildman–Crippen MR) is 111 cm³/mol. The number of rotatable bonds is 8. The van der Waals surface area contributed by atoms with Crippen LogP contribution in [0.1, 0.15) is 36.0 Å². The highest BCUT2D eigenvalue weighted by Crippen LogP contribution is 2.28. The van der Waals surface area contributed by atoms with Gasteiger partial charge in [-0.1, -0.05) is 6.07 Å². The van der Waals surface area contributed by atoms with Crippen LogP contribution in [0.5, 0.6) is 11.5 Å². The number of nitrogens with zero attached hydrogens (tertiary/aromatic N) is 2. The van der Waals surface area contributed by atoms with Gasteiger partial charge in [0.15, 0.2) is 11.5 Å². The molecule has 2 aromatic rings. The van der Waals surface area contributed by atoms with Crippen LogP contribution in [-0.4, -0.2) is 42.6 Å². The second-order valence-electron chi connectivity index (χ2n) is 7.04. The zero-order chi connectivity index (χ0) is 19.9. The minimum Gasteiger partial charge on any atom is -0.493 e. The zero-order valence-corrected chi connectivity index (χ0v) is 17.7. The summed E-state index contributed by atoms with van der Waals surface area (Å²) in [6.45, 7) is 7.82. The molecule has 3 rings (SSSR count). The van der Waals surface area contributed by atoms with Gasteiger partial charge >= 0.3 is 0 Å². The molecule has 1 amide bonds. The third-order valence-electron chi connectivity index (χ3n) is 5.01. The zero-order valence-electron chi connectivity index (χ0n) is 16.9. The number of nitrogens with one attached hydrogen (secondary N) is 1. The lowest BCUT2D eigenvalue weighted by molar-refractivity contribution is -0.126. The van der Waals surface area contributed by atoms with E-state index in [1.54, 1.807) is 18.4 Å². The fourth-order valence-electron chi connectivity index (χ4n) is 3.49. The Bertz CT molecular complexity index is 785. The van der Waals surface area contributed by atoms with E-state index in [2.05, 4.69) is 20.6 Å². The minimum absolute atomic E-state index is 0.0815. The van der Waals surface area contributed by atoms with Crippen molar-refractivity contribution in [1.29, 1.82) is 0 Å². The molecule has 1 aromatic carbocycles. The standard InChI is InChI=1S/C21H29N3O3S/c1-4-27-19-6-5-16(11-20(19)26-3)12-22-21(25)17-7-9-24(10-8-17)13-18-14-28-15(2)23-18/h5-6,11,14,17H,4,7-10,12-13H2,1-3H3,(H,22,25). The lowest BCUT2D eigenvalue weighted by atomic mass is 9.95. The van der Waals surface area contributed by atoms with Crippen molar-refractivity contribution in [2.24, 2.45) is 5.92 Å². The maximum Gasteiger partial charge on any atom is 0.223 e. The summed E-state index contributed by atoms with van der Waals surface area (Å²) in [5.41, 5.74) is 2.14. The van der Waals surface area contributed by atoms with Gasteiger partial charge in [-0.15, -0.1) is 11.3 Å². The van der Waals surface area contributed by atoms with E-state index < -0.39 is 0 Å². The van der Waals surface area contributed by atoms with E-state index >= 15 is 0 Å². The van der Waals surface area contributed by atoms with Gasteiger partial charge in [0.25, 0.3) is 0 Å². The van der Waals surface area contributed by atoms with Crippen molar-refractivity contribution >= 4 is 17.2 Å². The van der Waals surface area contributed by atoms with Crippen molar-refractivity contribution in [2.75, 3.05) is 26.8 Å². The Hall–Kier alpha value is -2.12. The van der Waals surface area contributed by atoms with Crippen LogP contribution >= 0.6 is 11.3 Å². The molecule has 152 valence electrons. The average Bonchev–Trinajstić information content (AvgIpc) is 3.12. The molecular weight excluding hydrogens is 374 g/mol. The highest BCUT2D eigenvalue weighted by atomic mass is 32.1. The lowest BCUT2D eigenvalue weighted by Crippen LogP contribution is -2.40. The summed E-state index contributed by atoms with van der Waals surface area (Å²) < 4.78 is 10.9. The predicted octanol–water partition coefficient (Wildman–Crippen LogP) is 3.39. The van der Waals surface area contributed by atoms with Gasteiger partial charge in [0.2, 0.25) is 5.91 Å². The molecule has 1 aliphatic rings. The number of piperidine rings is 1. The summed E-state index contributed by atoms with van der Waals surface area (Å²) in [5, 5.41) is 6.31. The normalized spacial score (nSPS) is 15.4. The van der Waals surface area contributed by atoms with E-state index in [1.807, 2.05) is 32.0 Å². The molecule has 0 radical (unpaired) electrons. The number of aryl methyl sites for hydroxylation is 1. The first-order valence-electron chi connectivity index (χ1n) is 9.79. The lowest BCUT2D eigenvalue weighted by Gasteiger charge is -2.30. The fraction of sp³-hybridized carbons (Fsp3) is 0.524. The highest BCUT2D eigenvalue weighted by Gasteiger charge is 2.25. The van der Waals surface area contributed by atoms with E-state index in [1.165, 1.54) is 0 Å². The molecule has 1 N–H and O–H groups in total. The summed E-state index contributed by atoms with van der Waals surface area (Å²) in [4.78, 5) is 19.5. The molecule has 6 nitrogen and oxygen atoms in total. The number of hydrogen-bond acceptors (Lipinski definition) is 6. The number of methoxy groups -OCH3 is 1. The average molecular weight is 404 g/mol. The number of ether oxygens (including phenoxy) is 2. The molecule has 0 aliphatic carbocycles. The highest BCUT2D eigenvalue weighted by molar-refractivity contribution is 7.09. The Morgan fingerprint density at radius 2 is 2.11 bits per heavy atom. The topological polar surface area (TPSA) is 63.7 Å². The Labute approximate surface area is 170 Å². The molecule has 7 heteroatoms. The first-order valence-corrected chi connectivity index (χ1v) is 10.7. The van der Waals surface area contributed by atoms with E-state index in [0.717, 1.165) is 54.5 Å². The van der Waals surface area contributed by atoms with Crippen LogP contribution in [0.15, 0.2) is 23.6 Å². The van der Waals surface area contributed by atoms with E-state index in [0.29, 0.717) is 18.9 Å². The molecule has 28 heavy (non-hydrogen) atoms. The molecule has 0 saturated carbocycles. The number of likely N-dealkylation sites (tertiary alicyclic amines) is 1. The van der Waals surface area contributed by atoms with Crippen molar-refractivity contribution in [2.45, 2.75) is 39.8 Å². The number of benzene rings is 1. The van der Waals surface area contributed by atoms with Crippen LogP contribution in [-0.2, 0) is 17.9 Å². The molecular formula is C21H29N3O3S. The Morgan fingerprint density at radius 3 is 2.75 bits per heavy atom. The first kappa shape index (κ1) is 20.6. The second-order valence-corrected chi connectivity index (χ2v) is 8.11. The molecule has 1 aromatic heterocycles.